The van der Waals surface area contributed by atoms with E-state index in [9.17, 15) is 9.59 Å². The molecule has 1 aromatic heterocycles. The van der Waals surface area contributed by atoms with Crippen LogP contribution in [-0.2, 0) is 11.2 Å². The summed E-state index contributed by atoms with van der Waals surface area (Å²) in [5.41, 5.74) is 2.09. The number of hydrogen-bond donors (Lipinski definition) is 0. The summed E-state index contributed by atoms with van der Waals surface area (Å²) in [6.07, 6.45) is 2.50. The molecule has 1 fully saturated rings. The molecule has 5 nitrogen and oxygen atoms in total. The van der Waals surface area contributed by atoms with Crippen molar-refractivity contribution in [3.63, 3.8) is 0 Å². The standard InChI is InChI=1S/C20H17ClN2O3/c1-26-20(25)13-4-2-12(3-5-13)10-18-22-17-9-6-14(21)11-16(17)19(24)23(18)15-7-8-15/h2-6,9,11,15H,7-8,10H2,1H3. The van der Waals surface area contributed by atoms with Crippen LogP contribution in [0.5, 0.6) is 0 Å². The lowest BCUT2D eigenvalue weighted by molar-refractivity contribution is 0.0600. The van der Waals surface area contributed by atoms with E-state index in [0.29, 0.717) is 27.9 Å². The molecule has 1 saturated carbocycles. The van der Waals surface area contributed by atoms with Gasteiger partial charge in [-0.05, 0) is 48.7 Å². The van der Waals surface area contributed by atoms with Gasteiger partial charge in [0.25, 0.3) is 5.56 Å². The van der Waals surface area contributed by atoms with E-state index in [0.717, 1.165) is 24.2 Å². The lowest BCUT2D eigenvalue weighted by atomic mass is 10.1. The zero-order valence-electron chi connectivity index (χ0n) is 14.2. The molecule has 1 aliphatic carbocycles. The average Bonchev–Trinajstić information content (AvgIpc) is 3.47. The number of rotatable bonds is 4. The Kier molecular flexibility index (Phi) is 4.24. The van der Waals surface area contributed by atoms with E-state index in [-0.39, 0.29) is 17.6 Å². The summed E-state index contributed by atoms with van der Waals surface area (Å²) in [5.74, 6) is 0.366. The van der Waals surface area contributed by atoms with Gasteiger partial charge in [0.1, 0.15) is 5.82 Å². The summed E-state index contributed by atoms with van der Waals surface area (Å²) in [4.78, 5) is 29.2. The molecule has 26 heavy (non-hydrogen) atoms. The first-order valence-corrected chi connectivity index (χ1v) is 8.82. The van der Waals surface area contributed by atoms with Crippen molar-refractivity contribution < 1.29 is 9.53 Å². The molecule has 0 N–H and O–H groups in total. The average molecular weight is 369 g/mol. The Morgan fingerprint density at radius 2 is 1.96 bits per heavy atom. The van der Waals surface area contributed by atoms with Crippen LogP contribution >= 0.6 is 11.6 Å². The first-order valence-electron chi connectivity index (χ1n) is 8.45. The van der Waals surface area contributed by atoms with Crippen molar-refractivity contribution in [1.82, 2.24) is 9.55 Å². The number of esters is 1. The fourth-order valence-corrected chi connectivity index (χ4v) is 3.28. The first-order chi connectivity index (χ1) is 12.6. The summed E-state index contributed by atoms with van der Waals surface area (Å²) in [6.45, 7) is 0. The van der Waals surface area contributed by atoms with Gasteiger partial charge in [-0.1, -0.05) is 23.7 Å². The molecule has 4 rings (SSSR count). The van der Waals surface area contributed by atoms with Crippen molar-refractivity contribution >= 4 is 28.5 Å². The van der Waals surface area contributed by atoms with E-state index in [4.69, 9.17) is 21.3 Å². The van der Waals surface area contributed by atoms with E-state index in [1.807, 2.05) is 12.1 Å². The minimum absolute atomic E-state index is 0.0406. The van der Waals surface area contributed by atoms with Gasteiger partial charge < -0.3 is 4.74 Å². The monoisotopic (exact) mass is 368 g/mol. The van der Waals surface area contributed by atoms with E-state index in [2.05, 4.69) is 0 Å². The topological polar surface area (TPSA) is 61.2 Å². The predicted molar refractivity (Wildman–Crippen MR) is 99.9 cm³/mol. The van der Waals surface area contributed by atoms with Crippen molar-refractivity contribution in [2.45, 2.75) is 25.3 Å². The molecule has 0 radical (unpaired) electrons. The third-order valence-electron chi connectivity index (χ3n) is 4.58. The SMILES string of the molecule is COC(=O)c1ccc(Cc2nc3ccc(Cl)cc3c(=O)n2C2CC2)cc1. The summed E-state index contributed by atoms with van der Waals surface area (Å²) < 4.78 is 6.52. The third kappa shape index (κ3) is 3.10. The summed E-state index contributed by atoms with van der Waals surface area (Å²) >= 11 is 6.05. The number of carbonyl (C=O) groups excluding carboxylic acids is 1. The van der Waals surface area contributed by atoms with Gasteiger partial charge in [0.15, 0.2) is 0 Å². The minimum atomic E-state index is -0.368. The second-order valence-electron chi connectivity index (χ2n) is 6.46. The number of aromatic nitrogens is 2. The lowest BCUT2D eigenvalue weighted by Crippen LogP contribution is -2.24. The van der Waals surface area contributed by atoms with Gasteiger partial charge in [0.2, 0.25) is 0 Å². The van der Waals surface area contributed by atoms with Crippen LogP contribution in [0.4, 0.5) is 0 Å². The molecule has 0 unspecified atom stereocenters. The van der Waals surface area contributed by atoms with Crippen LogP contribution in [0, 0.1) is 0 Å². The van der Waals surface area contributed by atoms with Gasteiger partial charge in [0, 0.05) is 17.5 Å². The molecule has 0 atom stereocenters. The van der Waals surface area contributed by atoms with Gasteiger partial charge in [-0.3, -0.25) is 9.36 Å². The first kappa shape index (κ1) is 16.8. The molecular weight excluding hydrogens is 352 g/mol. The molecule has 2 aromatic carbocycles. The van der Waals surface area contributed by atoms with Crippen LogP contribution < -0.4 is 5.56 Å². The van der Waals surface area contributed by atoms with Crippen molar-refractivity contribution in [1.29, 1.82) is 0 Å². The number of methoxy groups -OCH3 is 1. The van der Waals surface area contributed by atoms with Gasteiger partial charge in [-0.25, -0.2) is 9.78 Å². The molecule has 0 spiro atoms. The third-order valence-corrected chi connectivity index (χ3v) is 4.82. The molecule has 0 saturated heterocycles. The van der Waals surface area contributed by atoms with Gasteiger partial charge in [-0.2, -0.15) is 0 Å². The van der Waals surface area contributed by atoms with E-state index in [1.54, 1.807) is 34.9 Å². The highest BCUT2D eigenvalue weighted by Gasteiger charge is 2.28. The summed E-state index contributed by atoms with van der Waals surface area (Å²) in [5, 5.41) is 1.08. The maximum Gasteiger partial charge on any atom is 0.337 e. The van der Waals surface area contributed by atoms with Crippen molar-refractivity contribution in [3.05, 3.63) is 74.8 Å². The van der Waals surface area contributed by atoms with E-state index >= 15 is 0 Å². The Balaban J connectivity index is 1.76. The smallest absolute Gasteiger partial charge is 0.337 e. The Hall–Kier alpha value is -2.66. The minimum Gasteiger partial charge on any atom is -0.465 e. The van der Waals surface area contributed by atoms with Crippen LogP contribution in [-0.4, -0.2) is 22.6 Å². The maximum absolute atomic E-state index is 13.0. The van der Waals surface area contributed by atoms with E-state index < -0.39 is 0 Å². The van der Waals surface area contributed by atoms with Crippen molar-refractivity contribution in [2.24, 2.45) is 0 Å². The maximum atomic E-state index is 13.0. The van der Waals surface area contributed by atoms with Gasteiger partial charge in [0.05, 0.1) is 23.6 Å². The Bertz CT molecular complexity index is 1050. The zero-order valence-corrected chi connectivity index (χ0v) is 15.0. The normalized spacial score (nSPS) is 13.8. The Morgan fingerprint density at radius 1 is 1.23 bits per heavy atom. The van der Waals surface area contributed by atoms with E-state index in [1.165, 1.54) is 7.11 Å². The highest BCUT2D eigenvalue weighted by atomic mass is 35.5. The molecule has 0 bridgehead atoms. The number of benzene rings is 2. The summed E-state index contributed by atoms with van der Waals surface area (Å²) in [7, 11) is 1.36. The number of hydrogen-bond acceptors (Lipinski definition) is 4. The second kappa shape index (κ2) is 6.57. The van der Waals surface area contributed by atoms with Crippen molar-refractivity contribution in [3.8, 4) is 0 Å². The number of carbonyl (C=O) groups is 1. The lowest BCUT2D eigenvalue weighted by Gasteiger charge is -2.13. The molecule has 0 aliphatic heterocycles. The number of halogens is 1. The molecule has 3 aromatic rings. The molecule has 132 valence electrons. The van der Waals surface area contributed by atoms with Crippen LogP contribution in [0.15, 0.2) is 47.3 Å². The largest absolute Gasteiger partial charge is 0.465 e. The zero-order chi connectivity index (χ0) is 18.3. The highest BCUT2D eigenvalue weighted by molar-refractivity contribution is 6.31. The number of fused-ring (bicyclic) bond motifs is 1. The van der Waals surface area contributed by atoms with Gasteiger partial charge >= 0.3 is 5.97 Å². The molecule has 6 heteroatoms. The van der Waals surface area contributed by atoms with Crippen LogP contribution in [0.2, 0.25) is 5.02 Å². The molecular formula is C20H17ClN2O3. The van der Waals surface area contributed by atoms with Crippen LogP contribution in [0.25, 0.3) is 10.9 Å². The number of ether oxygens (including phenoxy) is 1. The number of nitrogens with zero attached hydrogens (tertiary/aromatic N) is 2. The quantitative estimate of drug-likeness (QED) is 0.658. The Labute approximate surface area is 155 Å². The van der Waals surface area contributed by atoms with Crippen LogP contribution in [0.3, 0.4) is 0 Å². The van der Waals surface area contributed by atoms with Crippen LogP contribution in [0.1, 0.15) is 40.6 Å². The Morgan fingerprint density at radius 3 is 2.62 bits per heavy atom. The van der Waals surface area contributed by atoms with Gasteiger partial charge in [-0.15, -0.1) is 0 Å². The molecule has 1 heterocycles. The summed E-state index contributed by atoms with van der Waals surface area (Å²) in [6, 6.07) is 12.6. The highest BCUT2D eigenvalue weighted by Crippen LogP contribution is 2.35. The predicted octanol–water partition coefficient (Wildman–Crippen LogP) is 3.76. The fourth-order valence-electron chi connectivity index (χ4n) is 3.11. The second-order valence-corrected chi connectivity index (χ2v) is 6.90. The fraction of sp³-hybridized carbons (Fsp3) is 0.250. The van der Waals surface area contributed by atoms with Crippen molar-refractivity contribution in [2.75, 3.05) is 7.11 Å². The molecule has 0 amide bonds. The molecule has 1 aliphatic rings.